The number of ether oxygens (including phenoxy) is 1. The number of hydrogen-bond donors (Lipinski definition) is 1. The number of hydrogen-bond acceptors (Lipinski definition) is 3. The molecule has 1 unspecified atom stereocenters. The van der Waals surface area contributed by atoms with Crippen LogP contribution in [-0.4, -0.2) is 31.1 Å². The SMILES string of the molecule is CNC1CCCN(Cc2ccccc2OCc2ccccc2)C1. The Kier molecular flexibility index (Phi) is 5.67. The van der Waals surface area contributed by atoms with Crippen LogP contribution in [0.2, 0.25) is 0 Å². The number of nitrogens with one attached hydrogen (secondary N) is 1. The van der Waals surface area contributed by atoms with Crippen molar-refractivity contribution >= 4 is 0 Å². The van der Waals surface area contributed by atoms with Gasteiger partial charge in [-0.15, -0.1) is 0 Å². The monoisotopic (exact) mass is 310 g/mol. The summed E-state index contributed by atoms with van der Waals surface area (Å²) in [6.07, 6.45) is 2.54. The molecule has 0 bridgehead atoms. The molecule has 2 aromatic rings. The lowest BCUT2D eigenvalue weighted by molar-refractivity contribution is 0.184. The fourth-order valence-corrected chi connectivity index (χ4v) is 3.19. The first-order chi connectivity index (χ1) is 11.3. The number of likely N-dealkylation sites (tertiary alicyclic amines) is 1. The second-order valence-corrected chi connectivity index (χ2v) is 6.24. The summed E-state index contributed by atoms with van der Waals surface area (Å²) in [4.78, 5) is 2.52. The van der Waals surface area contributed by atoms with Gasteiger partial charge < -0.3 is 10.1 Å². The molecule has 1 aliphatic rings. The van der Waals surface area contributed by atoms with E-state index in [9.17, 15) is 0 Å². The van der Waals surface area contributed by atoms with Crippen molar-refractivity contribution in [1.82, 2.24) is 10.2 Å². The van der Waals surface area contributed by atoms with Gasteiger partial charge in [0.05, 0.1) is 0 Å². The predicted octanol–water partition coefficient (Wildman–Crippen LogP) is 3.45. The Morgan fingerprint density at radius 2 is 1.87 bits per heavy atom. The molecule has 122 valence electrons. The van der Waals surface area contributed by atoms with E-state index in [1.165, 1.54) is 30.5 Å². The Morgan fingerprint density at radius 1 is 1.09 bits per heavy atom. The third-order valence-electron chi connectivity index (χ3n) is 4.52. The van der Waals surface area contributed by atoms with Crippen LogP contribution in [0.5, 0.6) is 5.75 Å². The number of rotatable bonds is 6. The number of nitrogens with zero attached hydrogens (tertiary/aromatic N) is 1. The van der Waals surface area contributed by atoms with Crippen LogP contribution in [0.1, 0.15) is 24.0 Å². The van der Waals surface area contributed by atoms with Crippen molar-refractivity contribution in [2.24, 2.45) is 0 Å². The Morgan fingerprint density at radius 3 is 2.70 bits per heavy atom. The summed E-state index contributed by atoms with van der Waals surface area (Å²) in [5, 5.41) is 3.41. The molecule has 1 aliphatic heterocycles. The van der Waals surface area contributed by atoms with Gasteiger partial charge in [0.15, 0.2) is 0 Å². The maximum absolute atomic E-state index is 6.08. The molecule has 0 aromatic heterocycles. The quantitative estimate of drug-likeness (QED) is 0.884. The van der Waals surface area contributed by atoms with Crippen LogP contribution in [0, 0.1) is 0 Å². The van der Waals surface area contributed by atoms with Gasteiger partial charge in [0.25, 0.3) is 0 Å². The third kappa shape index (κ3) is 4.57. The molecule has 0 amide bonds. The molecule has 1 heterocycles. The molecule has 0 aliphatic carbocycles. The summed E-state index contributed by atoms with van der Waals surface area (Å²) in [6.45, 7) is 3.87. The molecule has 0 radical (unpaired) electrons. The van der Waals surface area contributed by atoms with Crippen molar-refractivity contribution in [3.8, 4) is 5.75 Å². The van der Waals surface area contributed by atoms with Crippen LogP contribution >= 0.6 is 0 Å². The van der Waals surface area contributed by atoms with Crippen molar-refractivity contribution in [2.75, 3.05) is 20.1 Å². The molecule has 1 N–H and O–H groups in total. The van der Waals surface area contributed by atoms with Crippen LogP contribution in [0.4, 0.5) is 0 Å². The Labute approximate surface area is 139 Å². The third-order valence-corrected chi connectivity index (χ3v) is 4.52. The van der Waals surface area contributed by atoms with E-state index in [1.807, 2.05) is 6.07 Å². The number of piperidine rings is 1. The van der Waals surface area contributed by atoms with Gasteiger partial charge in [-0.1, -0.05) is 48.5 Å². The molecule has 3 heteroatoms. The summed E-state index contributed by atoms with van der Waals surface area (Å²) in [7, 11) is 2.06. The number of benzene rings is 2. The van der Waals surface area contributed by atoms with Crippen LogP contribution in [0.3, 0.4) is 0 Å². The summed E-state index contributed by atoms with van der Waals surface area (Å²) < 4.78 is 6.08. The van der Waals surface area contributed by atoms with E-state index in [4.69, 9.17) is 4.74 Å². The predicted molar refractivity (Wildman–Crippen MR) is 94.6 cm³/mol. The molecule has 23 heavy (non-hydrogen) atoms. The largest absolute Gasteiger partial charge is 0.489 e. The smallest absolute Gasteiger partial charge is 0.124 e. The lowest BCUT2D eigenvalue weighted by Gasteiger charge is -2.32. The molecule has 3 nitrogen and oxygen atoms in total. The van der Waals surface area contributed by atoms with Gasteiger partial charge in [0.2, 0.25) is 0 Å². The summed E-state index contributed by atoms with van der Waals surface area (Å²) in [5.41, 5.74) is 2.48. The van der Waals surface area contributed by atoms with Crippen molar-refractivity contribution in [2.45, 2.75) is 32.0 Å². The van der Waals surface area contributed by atoms with E-state index >= 15 is 0 Å². The van der Waals surface area contributed by atoms with Gasteiger partial charge in [0.1, 0.15) is 12.4 Å². The maximum Gasteiger partial charge on any atom is 0.124 e. The average molecular weight is 310 g/mol. The highest BCUT2D eigenvalue weighted by Gasteiger charge is 2.19. The van der Waals surface area contributed by atoms with Crippen molar-refractivity contribution in [3.63, 3.8) is 0 Å². The van der Waals surface area contributed by atoms with Crippen molar-refractivity contribution in [1.29, 1.82) is 0 Å². The first kappa shape index (κ1) is 16.0. The first-order valence-electron chi connectivity index (χ1n) is 8.49. The highest BCUT2D eigenvalue weighted by Crippen LogP contribution is 2.23. The molecule has 1 fully saturated rings. The lowest BCUT2D eigenvalue weighted by atomic mass is 10.0. The zero-order valence-corrected chi connectivity index (χ0v) is 13.9. The lowest BCUT2D eigenvalue weighted by Crippen LogP contribution is -2.43. The van der Waals surface area contributed by atoms with Crippen LogP contribution in [-0.2, 0) is 13.2 Å². The Balaban J connectivity index is 1.63. The molecular formula is C20H26N2O. The highest BCUT2D eigenvalue weighted by molar-refractivity contribution is 5.33. The van der Waals surface area contributed by atoms with Gasteiger partial charge in [0, 0.05) is 24.7 Å². The highest BCUT2D eigenvalue weighted by atomic mass is 16.5. The van der Waals surface area contributed by atoms with E-state index in [0.717, 1.165) is 18.8 Å². The van der Waals surface area contributed by atoms with E-state index in [1.54, 1.807) is 0 Å². The fraction of sp³-hybridized carbons (Fsp3) is 0.400. The van der Waals surface area contributed by atoms with Gasteiger partial charge >= 0.3 is 0 Å². The fourth-order valence-electron chi connectivity index (χ4n) is 3.19. The van der Waals surface area contributed by atoms with Gasteiger partial charge in [-0.3, -0.25) is 4.90 Å². The Hall–Kier alpha value is -1.84. The molecular weight excluding hydrogens is 284 g/mol. The number of para-hydroxylation sites is 1. The van der Waals surface area contributed by atoms with Gasteiger partial charge in [-0.05, 0) is 38.1 Å². The van der Waals surface area contributed by atoms with E-state index < -0.39 is 0 Å². The van der Waals surface area contributed by atoms with Gasteiger partial charge in [-0.2, -0.15) is 0 Å². The molecule has 2 aromatic carbocycles. The van der Waals surface area contributed by atoms with E-state index in [0.29, 0.717) is 12.6 Å². The van der Waals surface area contributed by atoms with Crippen molar-refractivity contribution < 1.29 is 4.74 Å². The van der Waals surface area contributed by atoms with E-state index in [-0.39, 0.29) is 0 Å². The van der Waals surface area contributed by atoms with E-state index in [2.05, 4.69) is 65.8 Å². The Bertz CT molecular complexity index is 600. The zero-order valence-electron chi connectivity index (χ0n) is 13.9. The van der Waals surface area contributed by atoms with Gasteiger partial charge in [-0.25, -0.2) is 0 Å². The van der Waals surface area contributed by atoms with Crippen LogP contribution < -0.4 is 10.1 Å². The standard InChI is InChI=1S/C20H26N2O/c1-21-19-11-7-13-22(15-19)14-18-10-5-6-12-20(18)23-16-17-8-3-2-4-9-17/h2-6,8-10,12,19,21H,7,11,13-16H2,1H3. The zero-order chi connectivity index (χ0) is 15.9. The molecule has 1 atom stereocenters. The molecule has 0 spiro atoms. The van der Waals surface area contributed by atoms with Crippen molar-refractivity contribution in [3.05, 3.63) is 65.7 Å². The first-order valence-corrected chi connectivity index (χ1v) is 8.49. The maximum atomic E-state index is 6.08. The minimum absolute atomic E-state index is 0.612. The normalized spacial score (nSPS) is 18.7. The summed E-state index contributed by atoms with van der Waals surface area (Å²) in [6, 6.07) is 19.4. The summed E-state index contributed by atoms with van der Waals surface area (Å²) in [5.74, 6) is 1.00. The molecule has 3 rings (SSSR count). The minimum atomic E-state index is 0.612. The topological polar surface area (TPSA) is 24.5 Å². The minimum Gasteiger partial charge on any atom is -0.489 e. The average Bonchev–Trinajstić information content (AvgIpc) is 2.62. The second kappa shape index (κ2) is 8.14. The van der Waals surface area contributed by atoms with Crippen LogP contribution in [0.15, 0.2) is 54.6 Å². The molecule has 1 saturated heterocycles. The van der Waals surface area contributed by atoms with Crippen LogP contribution in [0.25, 0.3) is 0 Å². The summed E-state index contributed by atoms with van der Waals surface area (Å²) >= 11 is 0. The number of likely N-dealkylation sites (N-methyl/N-ethyl adjacent to an activating group) is 1. The molecule has 0 saturated carbocycles. The second-order valence-electron chi connectivity index (χ2n) is 6.24.